The van der Waals surface area contributed by atoms with Crippen molar-refractivity contribution in [2.24, 2.45) is 5.92 Å². The van der Waals surface area contributed by atoms with E-state index in [1.54, 1.807) is 24.1 Å². The highest BCUT2D eigenvalue weighted by atomic mass is 35.5. The first-order valence-electron chi connectivity index (χ1n) is 7.94. The fourth-order valence-electron chi connectivity index (χ4n) is 2.92. The van der Waals surface area contributed by atoms with Gasteiger partial charge in [0.05, 0.1) is 17.1 Å². The predicted octanol–water partition coefficient (Wildman–Crippen LogP) is 3.76. The molecular weight excluding hydrogens is 335 g/mol. The normalized spacial score (nSPS) is 15.3. The second-order valence-corrected chi connectivity index (χ2v) is 6.93. The molecule has 0 aromatic heterocycles. The van der Waals surface area contributed by atoms with E-state index in [1.807, 2.05) is 0 Å². The quantitative estimate of drug-likeness (QED) is 0.872. The number of hydrogen-bond acceptors (Lipinski definition) is 2. The number of amides is 2. The molecule has 0 bridgehead atoms. The Bertz CT molecular complexity index is 572. The number of rotatable bonds is 5. The topological polar surface area (TPSA) is 49.4 Å². The van der Waals surface area contributed by atoms with E-state index in [1.165, 1.54) is 38.2 Å². The molecule has 0 spiro atoms. The number of nitrogens with zero attached hydrogens (tertiary/aromatic N) is 1. The Balaban J connectivity index is 1.81. The molecule has 23 heavy (non-hydrogen) atoms. The average Bonchev–Trinajstić information content (AvgIpc) is 2.53. The van der Waals surface area contributed by atoms with Crippen LogP contribution in [-0.2, 0) is 4.79 Å². The Hall–Kier alpha value is -1.26. The first-order valence-corrected chi connectivity index (χ1v) is 8.70. The van der Waals surface area contributed by atoms with Gasteiger partial charge in [-0.05, 0) is 37.0 Å². The molecule has 1 saturated carbocycles. The number of carbonyl (C=O) groups excluding carboxylic acids is 2. The summed E-state index contributed by atoms with van der Waals surface area (Å²) in [7, 11) is 1.79. The monoisotopic (exact) mass is 356 g/mol. The van der Waals surface area contributed by atoms with E-state index in [0.717, 1.165) is 6.54 Å². The third-order valence-electron chi connectivity index (χ3n) is 4.26. The minimum absolute atomic E-state index is 0.0268. The van der Waals surface area contributed by atoms with E-state index in [9.17, 15) is 9.59 Å². The summed E-state index contributed by atoms with van der Waals surface area (Å²) in [5.41, 5.74) is 0.318. The molecule has 1 aliphatic carbocycles. The lowest BCUT2D eigenvalue weighted by Gasteiger charge is -2.27. The molecule has 0 radical (unpaired) electrons. The van der Waals surface area contributed by atoms with Crippen molar-refractivity contribution in [2.75, 3.05) is 20.1 Å². The van der Waals surface area contributed by atoms with E-state index in [0.29, 0.717) is 16.5 Å². The lowest BCUT2D eigenvalue weighted by molar-refractivity contribution is -0.129. The molecule has 2 amide bonds. The number of carbonyl (C=O) groups is 2. The van der Waals surface area contributed by atoms with Gasteiger partial charge in [0.2, 0.25) is 5.91 Å². The zero-order valence-electron chi connectivity index (χ0n) is 13.3. The van der Waals surface area contributed by atoms with Crippen molar-refractivity contribution in [1.29, 1.82) is 0 Å². The van der Waals surface area contributed by atoms with Gasteiger partial charge < -0.3 is 10.2 Å². The minimum Gasteiger partial charge on any atom is -0.344 e. The Morgan fingerprint density at radius 1 is 1.22 bits per heavy atom. The summed E-state index contributed by atoms with van der Waals surface area (Å²) in [6.45, 7) is 0.734. The van der Waals surface area contributed by atoms with Crippen molar-refractivity contribution in [3.05, 3.63) is 33.8 Å². The minimum atomic E-state index is -0.369. The molecule has 1 aromatic rings. The summed E-state index contributed by atoms with van der Waals surface area (Å²) in [6.07, 6.45) is 6.16. The highest BCUT2D eigenvalue weighted by Crippen LogP contribution is 2.24. The molecule has 1 aliphatic rings. The van der Waals surface area contributed by atoms with Gasteiger partial charge in [-0.3, -0.25) is 9.59 Å². The van der Waals surface area contributed by atoms with Gasteiger partial charge in [-0.15, -0.1) is 0 Å². The molecule has 0 unspecified atom stereocenters. The Kier molecular flexibility index (Phi) is 6.72. The van der Waals surface area contributed by atoms with Crippen LogP contribution in [-0.4, -0.2) is 36.9 Å². The standard InChI is InChI=1S/C17H22Cl2N2O2/c1-21(11-12-5-3-2-4-6-12)16(22)10-20-17(23)14-8-7-13(18)9-15(14)19/h7-9,12H,2-6,10-11H2,1H3,(H,20,23). The highest BCUT2D eigenvalue weighted by Gasteiger charge is 2.19. The number of nitrogens with one attached hydrogen (secondary N) is 1. The molecule has 0 aliphatic heterocycles. The summed E-state index contributed by atoms with van der Waals surface area (Å²) in [6, 6.07) is 4.66. The smallest absolute Gasteiger partial charge is 0.253 e. The average molecular weight is 357 g/mol. The Morgan fingerprint density at radius 3 is 2.57 bits per heavy atom. The summed E-state index contributed by atoms with van der Waals surface area (Å²) < 4.78 is 0. The van der Waals surface area contributed by atoms with Gasteiger partial charge in [-0.1, -0.05) is 42.5 Å². The molecule has 6 heteroatoms. The largest absolute Gasteiger partial charge is 0.344 e. The third kappa shape index (κ3) is 5.40. The van der Waals surface area contributed by atoms with Crippen molar-refractivity contribution in [3.8, 4) is 0 Å². The zero-order valence-corrected chi connectivity index (χ0v) is 14.8. The van der Waals surface area contributed by atoms with E-state index in [4.69, 9.17) is 23.2 Å². The van der Waals surface area contributed by atoms with Crippen molar-refractivity contribution < 1.29 is 9.59 Å². The van der Waals surface area contributed by atoms with Crippen LogP contribution in [0.3, 0.4) is 0 Å². The van der Waals surface area contributed by atoms with Crippen LogP contribution in [0.1, 0.15) is 42.5 Å². The van der Waals surface area contributed by atoms with Crippen LogP contribution in [0, 0.1) is 5.92 Å². The summed E-state index contributed by atoms with van der Waals surface area (Å²) in [5.74, 6) is 0.124. The maximum absolute atomic E-state index is 12.1. The summed E-state index contributed by atoms with van der Waals surface area (Å²) in [5, 5.41) is 3.36. The van der Waals surface area contributed by atoms with Gasteiger partial charge in [0.1, 0.15) is 0 Å². The lowest BCUT2D eigenvalue weighted by Crippen LogP contribution is -2.40. The van der Waals surface area contributed by atoms with Gasteiger partial charge in [-0.2, -0.15) is 0 Å². The first kappa shape index (κ1) is 18.1. The lowest BCUT2D eigenvalue weighted by atomic mass is 9.89. The maximum atomic E-state index is 12.1. The van der Waals surface area contributed by atoms with Crippen molar-refractivity contribution in [2.45, 2.75) is 32.1 Å². The van der Waals surface area contributed by atoms with E-state index in [-0.39, 0.29) is 23.4 Å². The third-order valence-corrected chi connectivity index (χ3v) is 4.81. The molecule has 4 nitrogen and oxygen atoms in total. The first-order chi connectivity index (χ1) is 11.0. The predicted molar refractivity (Wildman–Crippen MR) is 93.0 cm³/mol. The number of likely N-dealkylation sites (N-methyl/N-ethyl adjacent to an activating group) is 1. The highest BCUT2D eigenvalue weighted by molar-refractivity contribution is 6.36. The number of halogens is 2. The maximum Gasteiger partial charge on any atom is 0.253 e. The summed E-state index contributed by atoms with van der Waals surface area (Å²) in [4.78, 5) is 25.9. The van der Waals surface area contributed by atoms with Crippen LogP contribution in [0.5, 0.6) is 0 Å². The SMILES string of the molecule is CN(CC1CCCCC1)C(=O)CNC(=O)c1ccc(Cl)cc1Cl. The summed E-state index contributed by atoms with van der Waals surface area (Å²) >= 11 is 11.8. The van der Waals surface area contributed by atoms with Crippen LogP contribution in [0.2, 0.25) is 10.0 Å². The molecule has 0 saturated heterocycles. The van der Waals surface area contributed by atoms with E-state index >= 15 is 0 Å². The van der Waals surface area contributed by atoms with Crippen molar-refractivity contribution >= 4 is 35.0 Å². The van der Waals surface area contributed by atoms with Gasteiger partial charge >= 0.3 is 0 Å². The van der Waals surface area contributed by atoms with Crippen LogP contribution >= 0.6 is 23.2 Å². The van der Waals surface area contributed by atoms with Crippen LogP contribution < -0.4 is 5.32 Å². The zero-order chi connectivity index (χ0) is 16.8. The molecule has 1 aromatic carbocycles. The number of hydrogen-bond donors (Lipinski definition) is 1. The van der Waals surface area contributed by atoms with Gasteiger partial charge in [-0.25, -0.2) is 0 Å². The molecule has 0 heterocycles. The second kappa shape index (κ2) is 8.55. The fraction of sp³-hybridized carbons (Fsp3) is 0.529. The van der Waals surface area contributed by atoms with Crippen molar-refractivity contribution in [1.82, 2.24) is 10.2 Å². The second-order valence-electron chi connectivity index (χ2n) is 6.09. The van der Waals surface area contributed by atoms with E-state index in [2.05, 4.69) is 5.32 Å². The molecule has 0 atom stereocenters. The number of benzene rings is 1. The van der Waals surface area contributed by atoms with Crippen LogP contribution in [0.25, 0.3) is 0 Å². The van der Waals surface area contributed by atoms with Crippen molar-refractivity contribution in [3.63, 3.8) is 0 Å². The van der Waals surface area contributed by atoms with E-state index < -0.39 is 0 Å². The van der Waals surface area contributed by atoms with Crippen LogP contribution in [0.4, 0.5) is 0 Å². The molecule has 1 fully saturated rings. The van der Waals surface area contributed by atoms with Gasteiger partial charge in [0, 0.05) is 18.6 Å². The van der Waals surface area contributed by atoms with Gasteiger partial charge in [0.15, 0.2) is 0 Å². The molecular formula is C17H22Cl2N2O2. The van der Waals surface area contributed by atoms with Gasteiger partial charge in [0.25, 0.3) is 5.91 Å². The Morgan fingerprint density at radius 2 is 1.91 bits per heavy atom. The Labute approximate surface area is 147 Å². The molecule has 126 valence electrons. The molecule has 1 N–H and O–H groups in total. The van der Waals surface area contributed by atoms with Crippen LogP contribution in [0.15, 0.2) is 18.2 Å². The molecule has 2 rings (SSSR count). The fourth-order valence-corrected chi connectivity index (χ4v) is 3.41.